The first-order valence-electron chi connectivity index (χ1n) is 8.99. The van der Waals surface area contributed by atoms with Crippen LogP contribution in [0.1, 0.15) is 50.3 Å². The lowest BCUT2D eigenvalue weighted by atomic mass is 9.74. The van der Waals surface area contributed by atoms with Crippen molar-refractivity contribution in [3.8, 4) is 0 Å². The van der Waals surface area contributed by atoms with E-state index in [2.05, 4.69) is 38.5 Å². The normalized spacial score (nSPS) is 24.1. The minimum absolute atomic E-state index is 0. The minimum Gasteiger partial charge on any atom is -1.00 e. The minimum atomic E-state index is -0.452. The van der Waals surface area contributed by atoms with Gasteiger partial charge in [0.1, 0.15) is 11.5 Å². The van der Waals surface area contributed by atoms with E-state index in [-0.39, 0.29) is 36.0 Å². The van der Waals surface area contributed by atoms with Crippen molar-refractivity contribution in [2.75, 3.05) is 27.2 Å². The second kappa shape index (κ2) is 8.04. The van der Waals surface area contributed by atoms with Crippen LogP contribution in [0.25, 0.3) is 0 Å². The van der Waals surface area contributed by atoms with Crippen LogP contribution in [-0.4, -0.2) is 43.7 Å². The largest absolute Gasteiger partial charge is 1.00 e. The van der Waals surface area contributed by atoms with Crippen LogP contribution in [-0.2, 0) is 14.9 Å². The molecule has 136 valence electrons. The lowest BCUT2D eigenvalue weighted by Crippen LogP contribution is -3.00. The first-order chi connectivity index (χ1) is 10.9. The summed E-state index contributed by atoms with van der Waals surface area (Å²) >= 11 is 1.70. The van der Waals surface area contributed by atoms with Gasteiger partial charge in [-0.05, 0) is 37.1 Å². The highest BCUT2D eigenvalue weighted by Crippen LogP contribution is 2.45. The van der Waals surface area contributed by atoms with Crippen molar-refractivity contribution >= 4 is 17.3 Å². The Morgan fingerprint density at radius 1 is 1.21 bits per heavy atom. The Morgan fingerprint density at radius 2 is 1.83 bits per heavy atom. The van der Waals surface area contributed by atoms with Gasteiger partial charge in [0.25, 0.3) is 0 Å². The molecule has 1 atom stereocenters. The van der Waals surface area contributed by atoms with E-state index in [4.69, 9.17) is 4.74 Å². The fraction of sp³-hybridized carbons (Fsp3) is 0.737. The number of likely N-dealkylation sites (tertiary alicyclic amines) is 1. The molecule has 0 amide bonds. The third-order valence-corrected chi connectivity index (χ3v) is 7.12. The first-order valence-corrected chi connectivity index (χ1v) is 9.87. The smallest absolute Gasteiger partial charge is 0.317 e. The van der Waals surface area contributed by atoms with Crippen molar-refractivity contribution in [2.24, 2.45) is 5.92 Å². The molecule has 1 saturated carbocycles. The summed E-state index contributed by atoms with van der Waals surface area (Å²) in [6.45, 7) is 4.31. The molecule has 0 radical (unpaired) electrons. The fourth-order valence-electron chi connectivity index (χ4n) is 4.18. The van der Waals surface area contributed by atoms with Crippen LogP contribution in [0.15, 0.2) is 17.5 Å². The number of piperidine rings is 1. The second-order valence-corrected chi connectivity index (χ2v) is 9.10. The van der Waals surface area contributed by atoms with E-state index >= 15 is 0 Å². The quantitative estimate of drug-likeness (QED) is 0.378. The molecular weight excluding hydrogens is 433 g/mol. The van der Waals surface area contributed by atoms with Gasteiger partial charge in [-0.2, -0.15) is 0 Å². The maximum absolute atomic E-state index is 13.2. The van der Waals surface area contributed by atoms with Crippen molar-refractivity contribution in [2.45, 2.75) is 57.0 Å². The van der Waals surface area contributed by atoms with Gasteiger partial charge in [0.05, 0.1) is 27.2 Å². The summed E-state index contributed by atoms with van der Waals surface area (Å²) < 4.78 is 7.08. The Balaban J connectivity index is 0.00000208. The van der Waals surface area contributed by atoms with Crippen molar-refractivity contribution in [1.82, 2.24) is 0 Å². The van der Waals surface area contributed by atoms with Crippen LogP contribution in [0.3, 0.4) is 0 Å². The maximum Gasteiger partial charge on any atom is 0.317 e. The summed E-state index contributed by atoms with van der Waals surface area (Å²) in [7, 11) is 4.51. The van der Waals surface area contributed by atoms with Crippen LogP contribution >= 0.6 is 11.3 Å². The van der Waals surface area contributed by atoms with E-state index in [1.54, 1.807) is 11.3 Å². The van der Waals surface area contributed by atoms with E-state index in [1.165, 1.54) is 17.7 Å². The number of thiophene rings is 1. The molecule has 3 nitrogen and oxygen atoms in total. The number of halogens is 1. The Bertz CT molecular complexity index is 530. The summed E-state index contributed by atoms with van der Waals surface area (Å²) in [5.41, 5.74) is -0.452. The number of quaternary nitrogens is 1. The average molecular weight is 463 g/mol. The van der Waals surface area contributed by atoms with Gasteiger partial charge >= 0.3 is 5.97 Å². The number of nitrogens with zero attached hydrogens (tertiary/aromatic N) is 1. The molecule has 0 spiro atoms. The standard InChI is InChI=1S/C19H30NO2S.HI/c1-19(15-7-4-5-8-15,17-9-6-14-23-17)18(21)22-16-10-12-20(2,3)13-11-16;/h6,9,14-16H,4-5,7-8,10-13H2,1-3H3;1H/q+1;/p-1. The van der Waals surface area contributed by atoms with Crippen molar-refractivity contribution in [3.63, 3.8) is 0 Å². The average Bonchev–Trinajstić information content (AvgIpc) is 3.22. The Labute approximate surface area is 167 Å². The van der Waals surface area contributed by atoms with Crippen molar-refractivity contribution in [3.05, 3.63) is 22.4 Å². The summed E-state index contributed by atoms with van der Waals surface area (Å²) in [5.74, 6) is 0.452. The van der Waals surface area contributed by atoms with E-state index in [0.29, 0.717) is 5.92 Å². The van der Waals surface area contributed by atoms with Crippen LogP contribution < -0.4 is 24.0 Å². The zero-order chi connectivity index (χ0) is 16.5. The van der Waals surface area contributed by atoms with Gasteiger partial charge in [-0.15, -0.1) is 11.3 Å². The lowest BCUT2D eigenvalue weighted by molar-refractivity contribution is -0.896. The Kier molecular flexibility index (Phi) is 6.76. The van der Waals surface area contributed by atoms with Crippen LogP contribution in [0.5, 0.6) is 0 Å². The van der Waals surface area contributed by atoms with Gasteiger partial charge in [0.15, 0.2) is 0 Å². The van der Waals surface area contributed by atoms with Crippen LogP contribution in [0.2, 0.25) is 0 Å². The predicted molar refractivity (Wildman–Crippen MR) is 94.6 cm³/mol. The van der Waals surface area contributed by atoms with Crippen LogP contribution in [0.4, 0.5) is 0 Å². The molecule has 1 unspecified atom stereocenters. The van der Waals surface area contributed by atoms with Gasteiger partial charge in [-0.3, -0.25) is 4.79 Å². The molecule has 2 fully saturated rings. The molecule has 0 N–H and O–H groups in total. The molecule has 0 aromatic carbocycles. The topological polar surface area (TPSA) is 26.3 Å². The molecule has 1 aliphatic heterocycles. The molecular formula is C19H30INO2S. The molecule has 2 heterocycles. The van der Waals surface area contributed by atoms with E-state index in [0.717, 1.165) is 43.3 Å². The molecule has 1 aromatic rings. The maximum atomic E-state index is 13.2. The third kappa shape index (κ3) is 4.15. The third-order valence-electron chi connectivity index (χ3n) is 6.02. The molecule has 5 heteroatoms. The summed E-state index contributed by atoms with van der Waals surface area (Å²) in [6, 6.07) is 4.17. The van der Waals surface area contributed by atoms with Gasteiger partial charge < -0.3 is 33.2 Å². The van der Waals surface area contributed by atoms with E-state index < -0.39 is 5.41 Å². The van der Waals surface area contributed by atoms with Gasteiger partial charge in [0, 0.05) is 17.7 Å². The van der Waals surface area contributed by atoms with Crippen molar-refractivity contribution in [1.29, 1.82) is 0 Å². The van der Waals surface area contributed by atoms with Gasteiger partial charge in [-0.1, -0.05) is 18.9 Å². The zero-order valence-corrected chi connectivity index (χ0v) is 18.1. The number of ether oxygens (including phenoxy) is 1. The SMILES string of the molecule is CC(C(=O)OC1CC[N+](C)(C)CC1)(c1cccs1)C1CCCC1.[I-]. The monoisotopic (exact) mass is 463 g/mol. The Morgan fingerprint density at radius 3 is 2.38 bits per heavy atom. The highest BCUT2D eigenvalue weighted by molar-refractivity contribution is 7.10. The molecule has 1 aliphatic carbocycles. The summed E-state index contributed by atoms with van der Waals surface area (Å²) in [6.07, 6.45) is 6.88. The van der Waals surface area contributed by atoms with Crippen LogP contribution in [0, 0.1) is 5.92 Å². The second-order valence-electron chi connectivity index (χ2n) is 8.15. The number of esters is 1. The highest BCUT2D eigenvalue weighted by atomic mass is 127. The van der Waals surface area contributed by atoms with Gasteiger partial charge in [0.2, 0.25) is 0 Å². The van der Waals surface area contributed by atoms with Crippen molar-refractivity contribution < 1.29 is 38.0 Å². The van der Waals surface area contributed by atoms with E-state index in [9.17, 15) is 4.79 Å². The molecule has 0 bridgehead atoms. The molecule has 1 saturated heterocycles. The first kappa shape index (κ1) is 20.2. The summed E-state index contributed by atoms with van der Waals surface area (Å²) in [5, 5.41) is 2.08. The fourth-order valence-corrected chi connectivity index (χ4v) is 5.14. The lowest BCUT2D eigenvalue weighted by Gasteiger charge is -2.39. The number of carbonyl (C=O) groups excluding carboxylic acids is 1. The molecule has 2 aliphatic rings. The highest BCUT2D eigenvalue weighted by Gasteiger charge is 2.47. The number of rotatable bonds is 4. The van der Waals surface area contributed by atoms with Gasteiger partial charge in [-0.25, -0.2) is 0 Å². The number of hydrogen-bond donors (Lipinski definition) is 0. The number of hydrogen-bond acceptors (Lipinski definition) is 3. The molecule has 1 aromatic heterocycles. The molecule has 3 rings (SSSR count). The predicted octanol–water partition coefficient (Wildman–Crippen LogP) is 0.982. The Hall–Kier alpha value is -0.140. The van der Waals surface area contributed by atoms with E-state index in [1.807, 2.05) is 0 Å². The zero-order valence-electron chi connectivity index (χ0n) is 15.1. The summed E-state index contributed by atoms with van der Waals surface area (Å²) in [4.78, 5) is 14.3. The number of carbonyl (C=O) groups is 1. The molecule has 24 heavy (non-hydrogen) atoms.